The molecule has 0 aliphatic heterocycles. The van der Waals surface area contributed by atoms with Crippen molar-refractivity contribution in [2.75, 3.05) is 13.7 Å². The number of hydrogen-bond acceptors (Lipinski definition) is 3. The van der Waals surface area contributed by atoms with Gasteiger partial charge in [-0.3, -0.25) is 4.79 Å². The second-order valence-corrected chi connectivity index (χ2v) is 3.90. The van der Waals surface area contributed by atoms with Crippen LogP contribution in [-0.2, 0) is 0 Å². The Morgan fingerprint density at radius 2 is 1.84 bits per heavy atom. The average molecular weight is 260 g/mol. The van der Waals surface area contributed by atoms with Gasteiger partial charge in [-0.2, -0.15) is 0 Å². The maximum atomic E-state index is 12.9. The number of ether oxygens (including phenoxy) is 2. The monoisotopic (exact) mass is 260 g/mol. The van der Waals surface area contributed by atoms with Crippen LogP contribution in [0.25, 0.3) is 0 Å². The first kappa shape index (κ1) is 13.1. The molecule has 2 aromatic carbocycles. The minimum Gasteiger partial charge on any atom is -0.497 e. The van der Waals surface area contributed by atoms with E-state index in [-0.39, 0.29) is 12.4 Å². The fraction of sp³-hybridized carbons (Fsp3) is 0.133. The number of hydrogen-bond donors (Lipinski definition) is 0. The summed E-state index contributed by atoms with van der Waals surface area (Å²) in [5.74, 6) is 0.349. The van der Waals surface area contributed by atoms with E-state index in [0.29, 0.717) is 17.1 Å². The lowest BCUT2D eigenvalue weighted by Gasteiger charge is -2.06. The molecule has 0 fully saturated rings. The van der Waals surface area contributed by atoms with Gasteiger partial charge < -0.3 is 9.47 Å². The molecule has 0 unspecified atom stereocenters. The maximum absolute atomic E-state index is 12.9. The van der Waals surface area contributed by atoms with Gasteiger partial charge in [-0.1, -0.05) is 18.2 Å². The summed E-state index contributed by atoms with van der Waals surface area (Å²) in [6.07, 6.45) is 0. The quantitative estimate of drug-likeness (QED) is 0.775. The summed E-state index contributed by atoms with van der Waals surface area (Å²) < 4.78 is 23.2. The van der Waals surface area contributed by atoms with Crippen molar-refractivity contribution in [2.45, 2.75) is 0 Å². The van der Waals surface area contributed by atoms with Crippen LogP contribution in [0.1, 0.15) is 10.4 Å². The van der Waals surface area contributed by atoms with Crippen molar-refractivity contribution in [3.05, 3.63) is 59.9 Å². The SMILES string of the molecule is COc1cccc(C(=O)COc2cccc(F)c2)c1. The van der Waals surface area contributed by atoms with Crippen molar-refractivity contribution in [1.29, 1.82) is 0 Å². The molecule has 0 saturated heterocycles. The first-order valence-electron chi connectivity index (χ1n) is 5.74. The molecule has 0 aliphatic carbocycles. The molecule has 0 radical (unpaired) electrons. The van der Waals surface area contributed by atoms with Crippen molar-refractivity contribution in [3.63, 3.8) is 0 Å². The number of benzene rings is 2. The third-order valence-electron chi connectivity index (χ3n) is 2.56. The number of rotatable bonds is 5. The largest absolute Gasteiger partial charge is 0.497 e. The molecular formula is C15H13FO3. The van der Waals surface area contributed by atoms with Crippen molar-refractivity contribution in [2.24, 2.45) is 0 Å². The molecular weight excluding hydrogens is 247 g/mol. The molecule has 0 spiro atoms. The standard InChI is InChI=1S/C15H13FO3/c1-18-13-6-2-4-11(8-13)15(17)10-19-14-7-3-5-12(16)9-14/h2-9H,10H2,1H3. The second-order valence-electron chi connectivity index (χ2n) is 3.90. The van der Waals surface area contributed by atoms with Crippen LogP contribution < -0.4 is 9.47 Å². The van der Waals surface area contributed by atoms with E-state index in [0.717, 1.165) is 0 Å². The van der Waals surface area contributed by atoms with Crippen molar-refractivity contribution in [1.82, 2.24) is 0 Å². The zero-order valence-corrected chi connectivity index (χ0v) is 10.4. The molecule has 98 valence electrons. The molecule has 0 atom stereocenters. The van der Waals surface area contributed by atoms with Crippen molar-refractivity contribution < 1.29 is 18.7 Å². The molecule has 2 aromatic rings. The van der Waals surface area contributed by atoms with E-state index in [4.69, 9.17) is 9.47 Å². The average Bonchev–Trinajstić information content (AvgIpc) is 2.45. The molecule has 2 rings (SSSR count). The minimum atomic E-state index is -0.397. The van der Waals surface area contributed by atoms with Gasteiger partial charge in [0.25, 0.3) is 0 Å². The predicted molar refractivity (Wildman–Crippen MR) is 69.2 cm³/mol. The Balaban J connectivity index is 2.01. The number of carbonyl (C=O) groups excluding carboxylic acids is 1. The summed E-state index contributed by atoms with van der Waals surface area (Å²) in [7, 11) is 1.53. The Hall–Kier alpha value is -2.36. The zero-order valence-electron chi connectivity index (χ0n) is 10.4. The van der Waals surface area contributed by atoms with Crippen LogP contribution in [-0.4, -0.2) is 19.5 Å². The summed E-state index contributed by atoms with van der Waals surface area (Å²) in [6, 6.07) is 12.5. The van der Waals surface area contributed by atoms with E-state index in [1.807, 2.05) is 0 Å². The number of methoxy groups -OCH3 is 1. The van der Waals surface area contributed by atoms with Crippen LogP contribution in [0.4, 0.5) is 4.39 Å². The molecule has 0 amide bonds. The molecule has 0 aromatic heterocycles. The van der Waals surface area contributed by atoms with E-state index in [1.165, 1.54) is 25.3 Å². The van der Waals surface area contributed by atoms with E-state index in [9.17, 15) is 9.18 Å². The first-order valence-corrected chi connectivity index (χ1v) is 5.74. The number of halogens is 1. The van der Waals surface area contributed by atoms with Crippen molar-refractivity contribution in [3.8, 4) is 11.5 Å². The van der Waals surface area contributed by atoms with Gasteiger partial charge in [0.15, 0.2) is 12.4 Å². The Morgan fingerprint density at radius 3 is 2.58 bits per heavy atom. The van der Waals surface area contributed by atoms with Gasteiger partial charge in [0, 0.05) is 11.6 Å². The van der Waals surface area contributed by atoms with E-state index in [1.54, 1.807) is 30.3 Å². The van der Waals surface area contributed by atoms with Gasteiger partial charge in [-0.15, -0.1) is 0 Å². The highest BCUT2D eigenvalue weighted by molar-refractivity contribution is 5.97. The molecule has 0 saturated carbocycles. The lowest BCUT2D eigenvalue weighted by atomic mass is 10.1. The summed E-state index contributed by atoms with van der Waals surface area (Å²) in [5.41, 5.74) is 0.496. The summed E-state index contributed by atoms with van der Waals surface area (Å²) >= 11 is 0. The number of ketones is 1. The van der Waals surface area contributed by atoms with Crippen LogP contribution in [0, 0.1) is 5.82 Å². The van der Waals surface area contributed by atoms with E-state index in [2.05, 4.69) is 0 Å². The van der Waals surface area contributed by atoms with E-state index >= 15 is 0 Å². The Morgan fingerprint density at radius 1 is 1.11 bits per heavy atom. The van der Waals surface area contributed by atoms with Gasteiger partial charge >= 0.3 is 0 Å². The highest BCUT2D eigenvalue weighted by atomic mass is 19.1. The Kier molecular flexibility index (Phi) is 4.13. The van der Waals surface area contributed by atoms with Crippen LogP contribution in [0.3, 0.4) is 0 Å². The first-order chi connectivity index (χ1) is 9.19. The second kappa shape index (κ2) is 6.00. The molecule has 3 nitrogen and oxygen atoms in total. The van der Waals surface area contributed by atoms with Gasteiger partial charge in [-0.25, -0.2) is 4.39 Å². The maximum Gasteiger partial charge on any atom is 0.200 e. The Bertz CT molecular complexity index is 581. The lowest BCUT2D eigenvalue weighted by Crippen LogP contribution is -2.11. The molecule has 0 heterocycles. The van der Waals surface area contributed by atoms with E-state index < -0.39 is 5.82 Å². The highest BCUT2D eigenvalue weighted by Gasteiger charge is 2.08. The molecule has 0 bridgehead atoms. The third kappa shape index (κ3) is 3.55. The molecule has 0 N–H and O–H groups in total. The predicted octanol–water partition coefficient (Wildman–Crippen LogP) is 3.10. The van der Waals surface area contributed by atoms with Crippen LogP contribution in [0.15, 0.2) is 48.5 Å². The van der Waals surface area contributed by atoms with Crippen LogP contribution >= 0.6 is 0 Å². The van der Waals surface area contributed by atoms with Gasteiger partial charge in [0.2, 0.25) is 0 Å². The summed E-state index contributed by atoms with van der Waals surface area (Å²) in [6.45, 7) is -0.142. The fourth-order valence-corrected chi connectivity index (χ4v) is 1.59. The highest BCUT2D eigenvalue weighted by Crippen LogP contribution is 2.15. The van der Waals surface area contributed by atoms with Gasteiger partial charge in [0.1, 0.15) is 17.3 Å². The van der Waals surface area contributed by atoms with Crippen LogP contribution in [0.2, 0.25) is 0 Å². The van der Waals surface area contributed by atoms with Crippen molar-refractivity contribution >= 4 is 5.78 Å². The lowest BCUT2D eigenvalue weighted by molar-refractivity contribution is 0.0921. The van der Waals surface area contributed by atoms with Crippen LogP contribution in [0.5, 0.6) is 11.5 Å². The van der Waals surface area contributed by atoms with Gasteiger partial charge in [-0.05, 0) is 24.3 Å². The summed E-state index contributed by atoms with van der Waals surface area (Å²) in [5, 5.41) is 0. The smallest absolute Gasteiger partial charge is 0.200 e. The topological polar surface area (TPSA) is 35.5 Å². The molecule has 0 aliphatic rings. The zero-order chi connectivity index (χ0) is 13.7. The summed E-state index contributed by atoms with van der Waals surface area (Å²) in [4.78, 5) is 11.9. The number of Topliss-reactive ketones (excluding diaryl/α,β-unsaturated/α-hetero) is 1. The fourth-order valence-electron chi connectivity index (χ4n) is 1.59. The van der Waals surface area contributed by atoms with Gasteiger partial charge in [0.05, 0.1) is 7.11 Å². The normalized spacial score (nSPS) is 10.0. The minimum absolute atomic E-state index is 0.142. The molecule has 19 heavy (non-hydrogen) atoms. The molecule has 4 heteroatoms. The number of carbonyl (C=O) groups is 1. The third-order valence-corrected chi connectivity index (χ3v) is 2.56. The Labute approximate surface area is 110 Å².